The van der Waals surface area contributed by atoms with E-state index < -0.39 is 28.6 Å². The van der Waals surface area contributed by atoms with Crippen molar-refractivity contribution in [2.45, 2.75) is 75.5 Å². The summed E-state index contributed by atoms with van der Waals surface area (Å²) in [6.07, 6.45) is 4.28. The second kappa shape index (κ2) is 12.0. The molecule has 1 spiro atoms. The number of likely N-dealkylation sites (tertiary alicyclic amines) is 2. The average molecular weight is 654 g/mol. The Morgan fingerprint density at radius 1 is 1.07 bits per heavy atom. The Bertz CT molecular complexity index is 1630. The highest BCUT2D eigenvalue weighted by molar-refractivity contribution is 6.31. The van der Waals surface area contributed by atoms with Crippen molar-refractivity contribution in [1.29, 1.82) is 0 Å². The van der Waals surface area contributed by atoms with Gasteiger partial charge in [-0.2, -0.15) is 5.10 Å². The monoisotopic (exact) mass is 653 g/mol. The zero-order valence-corrected chi connectivity index (χ0v) is 27.7. The van der Waals surface area contributed by atoms with E-state index in [1.54, 1.807) is 11.0 Å². The van der Waals surface area contributed by atoms with Crippen LogP contribution < -0.4 is 0 Å². The molecule has 7 rings (SSSR count). The van der Waals surface area contributed by atoms with Crippen LogP contribution in [0, 0.1) is 24.5 Å². The molecule has 246 valence electrons. The van der Waals surface area contributed by atoms with Crippen LogP contribution in [0.5, 0.6) is 0 Å². The number of carbonyl (C=O) groups is 1. The van der Waals surface area contributed by atoms with Gasteiger partial charge in [0.05, 0.1) is 23.0 Å². The Labute approximate surface area is 274 Å². The number of hydrogen-bond acceptors (Lipinski definition) is 6. The third-order valence-corrected chi connectivity index (χ3v) is 11.4. The largest absolute Gasteiger partial charge is 0.381 e. The van der Waals surface area contributed by atoms with Crippen molar-refractivity contribution in [2.24, 2.45) is 13.0 Å². The molecule has 1 amide bonds. The predicted octanol–water partition coefficient (Wildman–Crippen LogP) is 5.82. The van der Waals surface area contributed by atoms with E-state index in [2.05, 4.69) is 34.9 Å². The molecule has 8 nitrogen and oxygen atoms in total. The second-order valence-corrected chi connectivity index (χ2v) is 14.5. The van der Waals surface area contributed by atoms with Gasteiger partial charge in [-0.05, 0) is 80.8 Å². The number of ether oxygens (including phenoxy) is 2. The molecule has 4 aliphatic rings. The fraction of sp³-hybridized carbons (Fsp3) is 0.571. The number of carbonyl (C=O) groups excluding carboxylic acids is 1. The van der Waals surface area contributed by atoms with E-state index in [-0.39, 0.29) is 24.0 Å². The van der Waals surface area contributed by atoms with Crippen LogP contribution >= 0.6 is 11.6 Å². The molecule has 0 N–H and O–H groups in total. The summed E-state index contributed by atoms with van der Waals surface area (Å²) in [7, 11) is 1.89. The number of aromatic nitrogens is 3. The third-order valence-electron chi connectivity index (χ3n) is 11.0. The number of aryl methyl sites for hydroxylation is 2. The van der Waals surface area contributed by atoms with Crippen molar-refractivity contribution < 1.29 is 23.0 Å². The van der Waals surface area contributed by atoms with Crippen molar-refractivity contribution in [1.82, 2.24) is 24.6 Å². The molecule has 3 fully saturated rings. The van der Waals surface area contributed by atoms with Gasteiger partial charge in [-0.25, -0.2) is 13.8 Å². The van der Waals surface area contributed by atoms with Gasteiger partial charge < -0.3 is 14.4 Å². The van der Waals surface area contributed by atoms with Crippen LogP contribution in [0.15, 0.2) is 36.7 Å². The van der Waals surface area contributed by atoms with Gasteiger partial charge in [-0.3, -0.25) is 14.4 Å². The van der Waals surface area contributed by atoms with E-state index in [1.165, 1.54) is 12.1 Å². The first-order valence-electron chi connectivity index (χ1n) is 16.4. The normalized spacial score (nSPS) is 25.4. The number of piperidine rings is 1. The van der Waals surface area contributed by atoms with E-state index in [9.17, 15) is 9.18 Å². The van der Waals surface area contributed by atoms with E-state index in [0.717, 1.165) is 41.4 Å². The molecule has 1 unspecified atom stereocenters. The average Bonchev–Trinajstić information content (AvgIpc) is 3.75. The Kier molecular flexibility index (Phi) is 8.23. The molecular formula is C35H42ClF2N5O3. The van der Waals surface area contributed by atoms with E-state index >= 15 is 4.39 Å². The van der Waals surface area contributed by atoms with Crippen LogP contribution in [0.25, 0.3) is 0 Å². The summed E-state index contributed by atoms with van der Waals surface area (Å²) in [6.45, 7) is 9.76. The van der Waals surface area contributed by atoms with E-state index in [0.29, 0.717) is 62.8 Å². The SMILES string of the molecule is Cc1cc2c(cc1Cl)C1(CCN(C(=O)[C@@H]3CN(C4CCOCC4)C[C@H]3c3ccc(F)cc3F)CC1)OC2C(C)(C)c1ncnn1C. The molecule has 3 aromatic rings. The lowest BCUT2D eigenvalue weighted by Gasteiger charge is -2.42. The van der Waals surface area contributed by atoms with Crippen LogP contribution in [0.1, 0.15) is 79.6 Å². The molecule has 5 heterocycles. The van der Waals surface area contributed by atoms with Crippen molar-refractivity contribution in [3.8, 4) is 0 Å². The molecule has 3 saturated heterocycles. The maximum absolute atomic E-state index is 15.2. The van der Waals surface area contributed by atoms with Crippen LogP contribution in [0.4, 0.5) is 8.78 Å². The van der Waals surface area contributed by atoms with Crippen molar-refractivity contribution in [3.63, 3.8) is 0 Å². The lowest BCUT2D eigenvalue weighted by atomic mass is 9.78. The molecule has 1 aromatic heterocycles. The maximum atomic E-state index is 15.2. The predicted molar refractivity (Wildman–Crippen MR) is 170 cm³/mol. The number of benzene rings is 2. The quantitative estimate of drug-likeness (QED) is 0.346. The molecular weight excluding hydrogens is 612 g/mol. The highest BCUT2D eigenvalue weighted by atomic mass is 35.5. The fourth-order valence-corrected chi connectivity index (χ4v) is 8.62. The van der Waals surface area contributed by atoms with Gasteiger partial charge in [-0.15, -0.1) is 0 Å². The molecule has 0 saturated carbocycles. The fourth-order valence-electron chi connectivity index (χ4n) is 8.46. The van der Waals surface area contributed by atoms with Crippen LogP contribution in [0.3, 0.4) is 0 Å². The van der Waals surface area contributed by atoms with Gasteiger partial charge in [0.1, 0.15) is 23.8 Å². The summed E-state index contributed by atoms with van der Waals surface area (Å²) in [5.41, 5.74) is 2.49. The minimum Gasteiger partial charge on any atom is -0.381 e. The van der Waals surface area contributed by atoms with Gasteiger partial charge in [-0.1, -0.05) is 23.7 Å². The number of rotatable bonds is 5. The Morgan fingerprint density at radius 3 is 2.48 bits per heavy atom. The molecule has 2 aromatic carbocycles. The minimum atomic E-state index is -0.613. The van der Waals surface area contributed by atoms with Gasteiger partial charge in [0, 0.05) is 69.5 Å². The van der Waals surface area contributed by atoms with Crippen molar-refractivity contribution in [3.05, 3.63) is 81.4 Å². The first kappa shape index (κ1) is 31.7. The van der Waals surface area contributed by atoms with Crippen molar-refractivity contribution >= 4 is 17.5 Å². The maximum Gasteiger partial charge on any atom is 0.227 e. The highest BCUT2D eigenvalue weighted by Crippen LogP contribution is 2.56. The van der Waals surface area contributed by atoms with Crippen LogP contribution in [-0.2, 0) is 32.3 Å². The van der Waals surface area contributed by atoms with Crippen LogP contribution in [-0.4, -0.2) is 75.9 Å². The highest BCUT2D eigenvalue weighted by Gasteiger charge is 2.54. The topological polar surface area (TPSA) is 72.7 Å². The van der Waals surface area contributed by atoms with E-state index in [1.807, 2.05) is 24.9 Å². The van der Waals surface area contributed by atoms with Crippen molar-refractivity contribution in [2.75, 3.05) is 39.4 Å². The molecule has 0 bridgehead atoms. The standard InChI is InChI=1S/C35H42ClF2N5O3/c1-21-15-25-28(17-29(21)36)35(46-31(25)34(2,3)33-39-20-40-41(33)4)9-11-42(12-10-35)32(44)27-19-43(23-7-13-45-14-8-23)18-26(27)24-6-5-22(37)16-30(24)38/h5-6,15-17,20,23,26-27,31H,7-14,18-19H2,1-4H3/t26-,27+,31?/m0/s1. The van der Waals surface area contributed by atoms with Crippen LogP contribution in [0.2, 0.25) is 5.02 Å². The van der Waals surface area contributed by atoms with Gasteiger partial charge in [0.15, 0.2) is 0 Å². The zero-order chi connectivity index (χ0) is 32.4. The summed E-state index contributed by atoms with van der Waals surface area (Å²) >= 11 is 6.71. The molecule has 0 radical (unpaired) electrons. The molecule has 3 atom stereocenters. The number of hydrogen-bond donors (Lipinski definition) is 0. The Balaban J connectivity index is 1.15. The second-order valence-electron chi connectivity index (χ2n) is 14.1. The smallest absolute Gasteiger partial charge is 0.227 e. The molecule has 4 aliphatic heterocycles. The number of amides is 1. The molecule has 46 heavy (non-hydrogen) atoms. The van der Waals surface area contributed by atoms with Gasteiger partial charge >= 0.3 is 0 Å². The zero-order valence-electron chi connectivity index (χ0n) is 26.9. The number of halogens is 3. The Hall–Kier alpha value is -2.92. The third kappa shape index (κ3) is 5.35. The molecule has 0 aliphatic carbocycles. The molecule has 11 heteroatoms. The summed E-state index contributed by atoms with van der Waals surface area (Å²) in [5.74, 6) is -1.13. The first-order chi connectivity index (χ1) is 22.0. The minimum absolute atomic E-state index is 0.0225. The number of fused-ring (bicyclic) bond motifs is 2. The summed E-state index contributed by atoms with van der Waals surface area (Å²) in [5, 5.41) is 5.01. The summed E-state index contributed by atoms with van der Waals surface area (Å²) < 4.78 is 43.5. The summed E-state index contributed by atoms with van der Waals surface area (Å²) in [6, 6.07) is 8.21. The lowest BCUT2D eigenvalue weighted by molar-refractivity contribution is -0.151. The number of nitrogens with zero attached hydrogens (tertiary/aromatic N) is 5. The lowest BCUT2D eigenvalue weighted by Crippen LogP contribution is -2.48. The van der Waals surface area contributed by atoms with E-state index in [4.69, 9.17) is 21.1 Å². The Morgan fingerprint density at radius 2 is 1.80 bits per heavy atom. The summed E-state index contributed by atoms with van der Waals surface area (Å²) in [4.78, 5) is 23.2. The van der Waals surface area contributed by atoms with Gasteiger partial charge in [0.25, 0.3) is 0 Å². The first-order valence-corrected chi connectivity index (χ1v) is 16.7. The van der Waals surface area contributed by atoms with Gasteiger partial charge in [0.2, 0.25) is 5.91 Å².